The lowest BCUT2D eigenvalue weighted by Gasteiger charge is -2.17. The summed E-state index contributed by atoms with van der Waals surface area (Å²) in [7, 11) is 1.58. The SMILES string of the molecule is COc1ccccc1C(=O)N[C@@H](C)CC[C@@H]1CCCO1. The van der Waals surface area contributed by atoms with Crippen LogP contribution < -0.4 is 10.1 Å². The highest BCUT2D eigenvalue weighted by Crippen LogP contribution is 2.19. The second kappa shape index (κ2) is 7.29. The number of benzene rings is 1. The predicted octanol–water partition coefficient (Wildman–Crippen LogP) is 2.77. The molecule has 0 radical (unpaired) electrons. The number of nitrogens with one attached hydrogen (secondary N) is 1. The molecule has 1 heterocycles. The highest BCUT2D eigenvalue weighted by Gasteiger charge is 2.18. The van der Waals surface area contributed by atoms with Crippen LogP contribution in [0.4, 0.5) is 0 Å². The van der Waals surface area contributed by atoms with Crippen molar-refractivity contribution in [2.45, 2.75) is 44.8 Å². The minimum Gasteiger partial charge on any atom is -0.496 e. The summed E-state index contributed by atoms with van der Waals surface area (Å²) < 4.78 is 10.8. The van der Waals surface area contributed by atoms with E-state index in [-0.39, 0.29) is 11.9 Å². The molecule has 20 heavy (non-hydrogen) atoms. The summed E-state index contributed by atoms with van der Waals surface area (Å²) in [6, 6.07) is 7.41. The molecular formula is C16H23NO3. The number of carbonyl (C=O) groups is 1. The van der Waals surface area contributed by atoms with Crippen LogP contribution in [-0.2, 0) is 4.74 Å². The van der Waals surface area contributed by atoms with Crippen LogP contribution in [0.25, 0.3) is 0 Å². The van der Waals surface area contributed by atoms with Gasteiger partial charge in [0.15, 0.2) is 0 Å². The Bertz CT molecular complexity index is 441. The van der Waals surface area contributed by atoms with E-state index >= 15 is 0 Å². The number of methoxy groups -OCH3 is 1. The molecule has 1 N–H and O–H groups in total. The van der Waals surface area contributed by atoms with Gasteiger partial charge in [-0.05, 0) is 44.7 Å². The summed E-state index contributed by atoms with van der Waals surface area (Å²) >= 11 is 0. The van der Waals surface area contributed by atoms with Crippen LogP contribution in [-0.4, -0.2) is 31.8 Å². The molecule has 1 aromatic rings. The van der Waals surface area contributed by atoms with Gasteiger partial charge >= 0.3 is 0 Å². The van der Waals surface area contributed by atoms with Gasteiger partial charge in [-0.2, -0.15) is 0 Å². The van der Waals surface area contributed by atoms with Crippen molar-refractivity contribution in [1.29, 1.82) is 0 Å². The number of rotatable bonds is 6. The first-order chi connectivity index (χ1) is 9.70. The molecule has 0 aromatic heterocycles. The minimum absolute atomic E-state index is 0.0812. The third-order valence-corrected chi connectivity index (χ3v) is 3.67. The van der Waals surface area contributed by atoms with Gasteiger partial charge < -0.3 is 14.8 Å². The van der Waals surface area contributed by atoms with Crippen molar-refractivity contribution < 1.29 is 14.3 Å². The van der Waals surface area contributed by atoms with E-state index in [9.17, 15) is 4.79 Å². The standard InChI is InChI=1S/C16H23NO3/c1-12(9-10-13-6-5-11-20-13)17-16(18)14-7-3-4-8-15(14)19-2/h3-4,7-8,12-13H,5-6,9-11H2,1-2H3,(H,17,18)/t12-,13-/m0/s1. The van der Waals surface area contributed by atoms with Crippen LogP contribution in [0.2, 0.25) is 0 Å². The molecule has 0 spiro atoms. The lowest BCUT2D eigenvalue weighted by atomic mass is 10.1. The summed E-state index contributed by atoms with van der Waals surface area (Å²) in [6.07, 6.45) is 4.62. The average molecular weight is 277 g/mol. The van der Waals surface area contributed by atoms with Crippen molar-refractivity contribution >= 4 is 5.91 Å². The second-order valence-electron chi connectivity index (χ2n) is 5.29. The van der Waals surface area contributed by atoms with E-state index in [0.717, 1.165) is 32.3 Å². The van der Waals surface area contributed by atoms with E-state index < -0.39 is 0 Å². The molecule has 0 saturated carbocycles. The van der Waals surface area contributed by atoms with Gasteiger partial charge in [0, 0.05) is 12.6 Å². The summed E-state index contributed by atoms with van der Waals surface area (Å²) in [5.41, 5.74) is 0.582. The van der Waals surface area contributed by atoms with Gasteiger partial charge in [-0.3, -0.25) is 4.79 Å². The molecule has 0 aliphatic carbocycles. The second-order valence-corrected chi connectivity index (χ2v) is 5.29. The average Bonchev–Trinajstić information content (AvgIpc) is 2.98. The van der Waals surface area contributed by atoms with Gasteiger partial charge in [0.25, 0.3) is 5.91 Å². The number of amides is 1. The molecule has 2 rings (SSSR count). The summed E-state index contributed by atoms with van der Waals surface area (Å²) in [5, 5.41) is 3.02. The Morgan fingerprint density at radius 1 is 1.50 bits per heavy atom. The molecule has 1 amide bonds. The Hall–Kier alpha value is -1.55. The van der Waals surface area contributed by atoms with Gasteiger partial charge in [0.05, 0.1) is 18.8 Å². The van der Waals surface area contributed by atoms with Gasteiger partial charge in [-0.15, -0.1) is 0 Å². The van der Waals surface area contributed by atoms with Crippen LogP contribution in [0, 0.1) is 0 Å². The van der Waals surface area contributed by atoms with Crippen LogP contribution in [0.3, 0.4) is 0 Å². The fraction of sp³-hybridized carbons (Fsp3) is 0.562. The monoisotopic (exact) mass is 277 g/mol. The molecule has 1 fully saturated rings. The fourth-order valence-electron chi connectivity index (χ4n) is 2.51. The maximum atomic E-state index is 12.2. The molecule has 2 atom stereocenters. The van der Waals surface area contributed by atoms with Crippen molar-refractivity contribution in [3.8, 4) is 5.75 Å². The third-order valence-electron chi connectivity index (χ3n) is 3.67. The van der Waals surface area contributed by atoms with Crippen molar-refractivity contribution in [2.75, 3.05) is 13.7 Å². The van der Waals surface area contributed by atoms with Gasteiger partial charge in [-0.1, -0.05) is 12.1 Å². The van der Waals surface area contributed by atoms with Gasteiger partial charge in [0.2, 0.25) is 0 Å². The first-order valence-electron chi connectivity index (χ1n) is 7.26. The highest BCUT2D eigenvalue weighted by atomic mass is 16.5. The normalized spacial score (nSPS) is 19.6. The van der Waals surface area contributed by atoms with E-state index in [1.165, 1.54) is 0 Å². The van der Waals surface area contributed by atoms with Crippen molar-refractivity contribution in [3.63, 3.8) is 0 Å². The van der Waals surface area contributed by atoms with E-state index in [2.05, 4.69) is 5.32 Å². The van der Waals surface area contributed by atoms with Crippen molar-refractivity contribution in [3.05, 3.63) is 29.8 Å². The van der Waals surface area contributed by atoms with Crippen LogP contribution in [0.15, 0.2) is 24.3 Å². The van der Waals surface area contributed by atoms with Crippen molar-refractivity contribution in [2.24, 2.45) is 0 Å². The van der Waals surface area contributed by atoms with E-state index in [1.54, 1.807) is 19.2 Å². The number of carbonyl (C=O) groups excluding carboxylic acids is 1. The Morgan fingerprint density at radius 2 is 2.30 bits per heavy atom. The Morgan fingerprint density at radius 3 is 3.00 bits per heavy atom. The molecule has 4 heteroatoms. The van der Waals surface area contributed by atoms with Gasteiger partial charge in [-0.25, -0.2) is 0 Å². The molecule has 4 nitrogen and oxygen atoms in total. The summed E-state index contributed by atoms with van der Waals surface area (Å²) in [6.45, 7) is 2.91. The zero-order valence-corrected chi connectivity index (χ0v) is 12.2. The van der Waals surface area contributed by atoms with Crippen LogP contribution >= 0.6 is 0 Å². The predicted molar refractivity (Wildman–Crippen MR) is 78.1 cm³/mol. The molecule has 1 saturated heterocycles. The number of ether oxygens (including phenoxy) is 2. The minimum atomic E-state index is -0.0812. The third kappa shape index (κ3) is 3.97. The Labute approximate surface area is 120 Å². The first kappa shape index (κ1) is 14.9. The van der Waals surface area contributed by atoms with Crippen LogP contribution in [0.1, 0.15) is 43.0 Å². The first-order valence-corrected chi connectivity index (χ1v) is 7.26. The van der Waals surface area contributed by atoms with Gasteiger partial charge in [0.1, 0.15) is 5.75 Å². The number of para-hydroxylation sites is 1. The zero-order chi connectivity index (χ0) is 14.4. The topological polar surface area (TPSA) is 47.6 Å². The Kier molecular flexibility index (Phi) is 5.41. The highest BCUT2D eigenvalue weighted by molar-refractivity contribution is 5.97. The fourth-order valence-corrected chi connectivity index (χ4v) is 2.51. The smallest absolute Gasteiger partial charge is 0.255 e. The number of hydrogen-bond acceptors (Lipinski definition) is 3. The molecule has 1 aliphatic heterocycles. The lowest BCUT2D eigenvalue weighted by Crippen LogP contribution is -2.33. The number of hydrogen-bond donors (Lipinski definition) is 1. The van der Waals surface area contributed by atoms with Crippen LogP contribution in [0.5, 0.6) is 5.75 Å². The molecule has 1 aromatic carbocycles. The zero-order valence-electron chi connectivity index (χ0n) is 12.2. The molecule has 1 aliphatic rings. The lowest BCUT2D eigenvalue weighted by molar-refractivity contribution is 0.0897. The largest absolute Gasteiger partial charge is 0.496 e. The molecule has 0 unspecified atom stereocenters. The maximum absolute atomic E-state index is 12.2. The Balaban J connectivity index is 1.83. The van der Waals surface area contributed by atoms with E-state index in [1.807, 2.05) is 19.1 Å². The summed E-state index contributed by atoms with van der Waals surface area (Å²) in [5.74, 6) is 0.526. The van der Waals surface area contributed by atoms with Crippen molar-refractivity contribution in [1.82, 2.24) is 5.32 Å². The maximum Gasteiger partial charge on any atom is 0.255 e. The van der Waals surface area contributed by atoms with E-state index in [4.69, 9.17) is 9.47 Å². The molecular weight excluding hydrogens is 254 g/mol. The molecule has 110 valence electrons. The molecule has 0 bridgehead atoms. The van der Waals surface area contributed by atoms with E-state index in [0.29, 0.717) is 17.4 Å². The quantitative estimate of drug-likeness (QED) is 0.869. The summed E-state index contributed by atoms with van der Waals surface area (Å²) in [4.78, 5) is 12.2.